The summed E-state index contributed by atoms with van der Waals surface area (Å²) < 4.78 is 0. The molecule has 0 fully saturated rings. The number of nitrogens with zero attached hydrogens (tertiary/aromatic N) is 1. The van der Waals surface area contributed by atoms with E-state index in [-0.39, 0.29) is 0 Å². The number of aromatic nitrogens is 1. The van der Waals surface area contributed by atoms with Gasteiger partial charge in [-0.1, -0.05) is 52.5 Å². The van der Waals surface area contributed by atoms with Crippen molar-refractivity contribution in [3.05, 3.63) is 29.6 Å². The molecule has 0 saturated carbocycles. The van der Waals surface area contributed by atoms with Gasteiger partial charge in [-0.3, -0.25) is 4.98 Å². The van der Waals surface area contributed by atoms with E-state index in [0.29, 0.717) is 6.04 Å². The fourth-order valence-corrected chi connectivity index (χ4v) is 2.42. The van der Waals surface area contributed by atoms with Gasteiger partial charge in [0.1, 0.15) is 0 Å². The van der Waals surface area contributed by atoms with Gasteiger partial charge in [0.15, 0.2) is 0 Å². The average Bonchev–Trinajstić information content (AvgIpc) is 2.42. The highest BCUT2D eigenvalue weighted by atomic mass is 14.9. The fraction of sp³-hybridized carbons (Fsp3) is 0.688. The first-order valence-electron chi connectivity index (χ1n) is 7.50. The molecule has 0 saturated heterocycles. The summed E-state index contributed by atoms with van der Waals surface area (Å²) in [5.41, 5.74) is 2.65. The zero-order valence-electron chi connectivity index (χ0n) is 12.2. The van der Waals surface area contributed by atoms with Crippen LogP contribution in [0.1, 0.15) is 70.2 Å². The minimum atomic E-state index is 0.433. The number of aryl methyl sites for hydroxylation is 1. The van der Waals surface area contributed by atoms with Gasteiger partial charge in [-0.15, -0.1) is 0 Å². The van der Waals surface area contributed by atoms with E-state index in [0.717, 1.165) is 13.0 Å². The van der Waals surface area contributed by atoms with E-state index in [4.69, 9.17) is 0 Å². The number of hydrogen-bond donors (Lipinski definition) is 1. The van der Waals surface area contributed by atoms with Gasteiger partial charge in [-0.05, 0) is 31.0 Å². The van der Waals surface area contributed by atoms with Crippen LogP contribution >= 0.6 is 0 Å². The molecule has 0 amide bonds. The van der Waals surface area contributed by atoms with Gasteiger partial charge in [0.25, 0.3) is 0 Å². The second-order valence-electron chi connectivity index (χ2n) is 4.86. The maximum absolute atomic E-state index is 4.60. The molecule has 1 aromatic rings. The molecule has 0 aliphatic rings. The van der Waals surface area contributed by atoms with Crippen molar-refractivity contribution in [1.82, 2.24) is 10.3 Å². The molecule has 0 aromatic carbocycles. The Morgan fingerprint density at radius 2 is 2.00 bits per heavy atom. The maximum atomic E-state index is 4.60. The van der Waals surface area contributed by atoms with Crippen molar-refractivity contribution >= 4 is 0 Å². The lowest BCUT2D eigenvalue weighted by Crippen LogP contribution is -2.23. The van der Waals surface area contributed by atoms with Gasteiger partial charge in [-0.2, -0.15) is 0 Å². The molecule has 1 unspecified atom stereocenters. The van der Waals surface area contributed by atoms with Crippen LogP contribution < -0.4 is 5.32 Å². The molecule has 1 aromatic heterocycles. The van der Waals surface area contributed by atoms with Crippen molar-refractivity contribution in [3.63, 3.8) is 0 Å². The highest BCUT2D eigenvalue weighted by Gasteiger charge is 2.14. The van der Waals surface area contributed by atoms with Gasteiger partial charge in [0, 0.05) is 12.2 Å². The number of unbranched alkanes of at least 4 members (excludes halogenated alkanes) is 3. The molecule has 0 spiro atoms. The van der Waals surface area contributed by atoms with Crippen LogP contribution in [0.3, 0.4) is 0 Å². The number of nitrogens with one attached hydrogen (secondary N) is 1. The smallest absolute Gasteiger partial charge is 0.0604 e. The lowest BCUT2D eigenvalue weighted by atomic mass is 9.99. The summed E-state index contributed by atoms with van der Waals surface area (Å²) in [5, 5.41) is 3.59. The Labute approximate surface area is 112 Å². The predicted molar refractivity (Wildman–Crippen MR) is 78.8 cm³/mol. The molecule has 2 nitrogen and oxygen atoms in total. The third-order valence-electron chi connectivity index (χ3n) is 3.43. The third-order valence-corrected chi connectivity index (χ3v) is 3.43. The van der Waals surface area contributed by atoms with Crippen LogP contribution in [0.15, 0.2) is 18.3 Å². The molecule has 1 N–H and O–H groups in total. The largest absolute Gasteiger partial charge is 0.309 e. The van der Waals surface area contributed by atoms with Crippen molar-refractivity contribution in [1.29, 1.82) is 0 Å². The molecule has 18 heavy (non-hydrogen) atoms. The molecule has 1 heterocycles. The Kier molecular flexibility index (Phi) is 7.66. The summed E-state index contributed by atoms with van der Waals surface area (Å²) in [6.07, 6.45) is 9.48. The molecule has 0 aliphatic heterocycles. The van der Waals surface area contributed by atoms with Gasteiger partial charge in [-0.25, -0.2) is 0 Å². The Morgan fingerprint density at radius 1 is 1.17 bits per heavy atom. The lowest BCUT2D eigenvalue weighted by Gasteiger charge is -2.19. The number of rotatable bonds is 9. The first kappa shape index (κ1) is 15.2. The number of hydrogen-bond acceptors (Lipinski definition) is 2. The summed E-state index contributed by atoms with van der Waals surface area (Å²) in [4.78, 5) is 4.60. The third kappa shape index (κ3) is 4.77. The topological polar surface area (TPSA) is 24.9 Å². The lowest BCUT2D eigenvalue weighted by molar-refractivity contribution is 0.470. The standard InChI is InChI=1S/C16H28N2/c1-4-7-8-9-12-15(17-6-3)16-14(5-2)11-10-13-18-16/h10-11,13,15,17H,4-9,12H2,1-3H3. The fourth-order valence-electron chi connectivity index (χ4n) is 2.42. The van der Waals surface area contributed by atoms with Crippen LogP contribution in [-0.2, 0) is 6.42 Å². The summed E-state index contributed by atoms with van der Waals surface area (Å²) in [6, 6.07) is 4.68. The van der Waals surface area contributed by atoms with Crippen molar-refractivity contribution in [2.75, 3.05) is 6.54 Å². The molecule has 102 valence electrons. The second-order valence-corrected chi connectivity index (χ2v) is 4.86. The normalized spacial score (nSPS) is 12.6. The van der Waals surface area contributed by atoms with E-state index in [1.807, 2.05) is 12.3 Å². The van der Waals surface area contributed by atoms with E-state index in [1.54, 1.807) is 0 Å². The quantitative estimate of drug-likeness (QED) is 0.660. The van der Waals surface area contributed by atoms with Gasteiger partial charge >= 0.3 is 0 Å². The molecule has 0 aliphatic carbocycles. The van der Waals surface area contributed by atoms with Gasteiger partial charge < -0.3 is 5.32 Å². The predicted octanol–water partition coefficient (Wildman–Crippen LogP) is 4.27. The van der Waals surface area contributed by atoms with Crippen LogP contribution in [0.25, 0.3) is 0 Å². The van der Waals surface area contributed by atoms with E-state index < -0.39 is 0 Å². The zero-order valence-corrected chi connectivity index (χ0v) is 12.2. The van der Waals surface area contributed by atoms with Gasteiger partial charge in [0.2, 0.25) is 0 Å². The van der Waals surface area contributed by atoms with Crippen LogP contribution in [0.2, 0.25) is 0 Å². The minimum absolute atomic E-state index is 0.433. The minimum Gasteiger partial charge on any atom is -0.309 e. The Morgan fingerprint density at radius 3 is 2.67 bits per heavy atom. The molecule has 1 rings (SSSR count). The Bertz CT molecular complexity index is 323. The molecule has 2 heteroatoms. The first-order chi connectivity index (χ1) is 8.83. The molecular weight excluding hydrogens is 220 g/mol. The van der Waals surface area contributed by atoms with E-state index in [9.17, 15) is 0 Å². The van der Waals surface area contributed by atoms with E-state index >= 15 is 0 Å². The first-order valence-corrected chi connectivity index (χ1v) is 7.50. The zero-order chi connectivity index (χ0) is 13.2. The highest BCUT2D eigenvalue weighted by Crippen LogP contribution is 2.22. The SMILES string of the molecule is CCCCCCC(NCC)c1ncccc1CC. The Hall–Kier alpha value is -0.890. The molecule has 0 radical (unpaired) electrons. The van der Waals surface area contributed by atoms with E-state index in [2.05, 4.69) is 37.1 Å². The molecule has 1 atom stereocenters. The average molecular weight is 248 g/mol. The van der Waals surface area contributed by atoms with Crippen LogP contribution in [0.5, 0.6) is 0 Å². The summed E-state index contributed by atoms with van der Waals surface area (Å²) in [7, 11) is 0. The van der Waals surface area contributed by atoms with Crippen molar-refractivity contribution < 1.29 is 0 Å². The molecular formula is C16H28N2. The van der Waals surface area contributed by atoms with Crippen molar-refractivity contribution in [2.45, 2.75) is 65.3 Å². The maximum Gasteiger partial charge on any atom is 0.0604 e. The summed E-state index contributed by atoms with van der Waals surface area (Å²) in [5.74, 6) is 0. The number of pyridine rings is 1. The Balaban J connectivity index is 2.64. The monoisotopic (exact) mass is 248 g/mol. The molecule has 0 bridgehead atoms. The second kappa shape index (κ2) is 9.09. The van der Waals surface area contributed by atoms with Crippen molar-refractivity contribution in [3.8, 4) is 0 Å². The van der Waals surface area contributed by atoms with Crippen LogP contribution in [-0.4, -0.2) is 11.5 Å². The highest BCUT2D eigenvalue weighted by molar-refractivity contribution is 5.22. The van der Waals surface area contributed by atoms with Crippen molar-refractivity contribution in [2.24, 2.45) is 0 Å². The summed E-state index contributed by atoms with van der Waals surface area (Å²) in [6.45, 7) is 7.65. The summed E-state index contributed by atoms with van der Waals surface area (Å²) >= 11 is 0. The van der Waals surface area contributed by atoms with E-state index in [1.165, 1.54) is 43.4 Å². The van der Waals surface area contributed by atoms with Gasteiger partial charge in [0.05, 0.1) is 5.69 Å². The van der Waals surface area contributed by atoms with Crippen LogP contribution in [0.4, 0.5) is 0 Å². The van der Waals surface area contributed by atoms with Crippen LogP contribution in [0, 0.1) is 0 Å².